The fourth-order valence-corrected chi connectivity index (χ4v) is 3.11. The van der Waals surface area contributed by atoms with Crippen molar-refractivity contribution in [3.63, 3.8) is 0 Å². The summed E-state index contributed by atoms with van der Waals surface area (Å²) in [6, 6.07) is 9.48. The Labute approximate surface area is 149 Å². The SMILES string of the molecule is O=C(NCCc1nnc2ccc(N3CCCC3)nn12)c1cccc(F)c1. The zero-order chi connectivity index (χ0) is 17.9. The first kappa shape index (κ1) is 16.4. The van der Waals surface area contributed by atoms with Crippen molar-refractivity contribution in [2.24, 2.45) is 0 Å². The van der Waals surface area contributed by atoms with Crippen molar-refractivity contribution in [3.8, 4) is 0 Å². The van der Waals surface area contributed by atoms with Gasteiger partial charge in [0, 0.05) is 31.6 Å². The standard InChI is InChI=1S/C18H19FN6O/c19-14-5-3-4-13(12-14)18(26)20-9-8-16-22-21-15-6-7-17(23-25(15)16)24-10-1-2-11-24/h3-7,12H,1-2,8-11H2,(H,20,26). The van der Waals surface area contributed by atoms with E-state index in [0.717, 1.165) is 18.9 Å². The zero-order valence-corrected chi connectivity index (χ0v) is 14.2. The molecule has 8 heteroatoms. The molecule has 1 saturated heterocycles. The molecule has 1 aliphatic rings. The first-order valence-corrected chi connectivity index (χ1v) is 8.71. The highest BCUT2D eigenvalue weighted by atomic mass is 19.1. The number of benzene rings is 1. The summed E-state index contributed by atoms with van der Waals surface area (Å²) in [7, 11) is 0. The summed E-state index contributed by atoms with van der Waals surface area (Å²) in [5, 5.41) is 15.7. The van der Waals surface area contributed by atoms with Crippen molar-refractivity contribution in [2.75, 3.05) is 24.5 Å². The molecule has 3 aromatic rings. The lowest BCUT2D eigenvalue weighted by atomic mass is 10.2. The van der Waals surface area contributed by atoms with Crippen molar-refractivity contribution < 1.29 is 9.18 Å². The topological polar surface area (TPSA) is 75.4 Å². The largest absolute Gasteiger partial charge is 0.355 e. The number of anilines is 1. The lowest BCUT2D eigenvalue weighted by molar-refractivity contribution is 0.0953. The van der Waals surface area contributed by atoms with Crippen molar-refractivity contribution in [2.45, 2.75) is 19.3 Å². The fourth-order valence-electron chi connectivity index (χ4n) is 3.11. The molecule has 1 aliphatic heterocycles. The van der Waals surface area contributed by atoms with Crippen LogP contribution in [0.4, 0.5) is 10.2 Å². The predicted octanol–water partition coefficient (Wildman–Crippen LogP) is 1.84. The fraction of sp³-hybridized carbons (Fsp3) is 0.333. The van der Waals surface area contributed by atoms with E-state index in [1.807, 2.05) is 12.1 Å². The molecule has 0 radical (unpaired) electrons. The molecule has 1 fully saturated rings. The zero-order valence-electron chi connectivity index (χ0n) is 14.2. The Morgan fingerprint density at radius 1 is 1.15 bits per heavy atom. The van der Waals surface area contributed by atoms with Crippen LogP contribution in [0.25, 0.3) is 5.65 Å². The van der Waals surface area contributed by atoms with Crippen LogP contribution in [0.3, 0.4) is 0 Å². The molecule has 3 heterocycles. The number of nitrogens with one attached hydrogen (secondary N) is 1. The molecule has 0 saturated carbocycles. The van der Waals surface area contributed by atoms with Gasteiger partial charge in [0.15, 0.2) is 11.5 Å². The molecule has 4 rings (SSSR count). The van der Waals surface area contributed by atoms with Gasteiger partial charge in [0.25, 0.3) is 5.91 Å². The molecule has 0 atom stereocenters. The van der Waals surface area contributed by atoms with Gasteiger partial charge < -0.3 is 10.2 Å². The van der Waals surface area contributed by atoms with Gasteiger partial charge in [0.2, 0.25) is 0 Å². The van der Waals surface area contributed by atoms with Gasteiger partial charge >= 0.3 is 0 Å². The van der Waals surface area contributed by atoms with Crippen LogP contribution in [0.5, 0.6) is 0 Å². The van der Waals surface area contributed by atoms with Crippen LogP contribution in [-0.4, -0.2) is 45.4 Å². The molecular weight excluding hydrogens is 335 g/mol. The number of rotatable bonds is 5. The van der Waals surface area contributed by atoms with Crippen molar-refractivity contribution in [1.29, 1.82) is 0 Å². The molecule has 1 aromatic carbocycles. The average Bonchev–Trinajstić information content (AvgIpc) is 3.31. The van der Waals surface area contributed by atoms with E-state index in [2.05, 4.69) is 25.5 Å². The summed E-state index contributed by atoms with van der Waals surface area (Å²) in [4.78, 5) is 14.3. The first-order valence-electron chi connectivity index (χ1n) is 8.71. The van der Waals surface area contributed by atoms with Gasteiger partial charge in [0.05, 0.1) is 0 Å². The summed E-state index contributed by atoms with van der Waals surface area (Å²) in [5.41, 5.74) is 0.977. The number of carbonyl (C=O) groups excluding carboxylic acids is 1. The van der Waals surface area contributed by atoms with Crippen LogP contribution in [0, 0.1) is 5.82 Å². The highest BCUT2D eigenvalue weighted by molar-refractivity contribution is 5.94. The summed E-state index contributed by atoms with van der Waals surface area (Å²) in [6.07, 6.45) is 2.85. The number of hydrogen-bond acceptors (Lipinski definition) is 5. The molecular formula is C18H19FN6O. The lowest BCUT2D eigenvalue weighted by Gasteiger charge is -2.15. The third kappa shape index (κ3) is 3.35. The second-order valence-electron chi connectivity index (χ2n) is 6.29. The summed E-state index contributed by atoms with van der Waals surface area (Å²) in [5.74, 6) is 0.851. The van der Waals surface area contributed by atoms with Crippen LogP contribution in [0.15, 0.2) is 36.4 Å². The maximum atomic E-state index is 13.2. The van der Waals surface area contributed by atoms with E-state index >= 15 is 0 Å². The number of carbonyl (C=O) groups is 1. The van der Waals surface area contributed by atoms with Crippen LogP contribution in [0.1, 0.15) is 29.0 Å². The predicted molar refractivity (Wildman–Crippen MR) is 94.7 cm³/mol. The van der Waals surface area contributed by atoms with Crippen LogP contribution < -0.4 is 10.2 Å². The van der Waals surface area contributed by atoms with Crippen LogP contribution >= 0.6 is 0 Å². The quantitative estimate of drug-likeness (QED) is 0.757. The minimum atomic E-state index is -0.431. The number of hydrogen-bond donors (Lipinski definition) is 1. The van der Waals surface area contributed by atoms with E-state index in [1.165, 1.54) is 31.0 Å². The third-order valence-corrected chi connectivity index (χ3v) is 4.46. The summed E-state index contributed by atoms with van der Waals surface area (Å²) < 4.78 is 14.9. The van der Waals surface area contributed by atoms with Crippen molar-refractivity contribution in [3.05, 3.63) is 53.6 Å². The Kier molecular flexibility index (Phi) is 4.47. The monoisotopic (exact) mass is 354 g/mol. The Bertz CT molecular complexity index is 934. The molecule has 0 unspecified atom stereocenters. The van der Waals surface area contributed by atoms with Gasteiger partial charge in [-0.2, -0.15) is 4.52 Å². The summed E-state index contributed by atoms with van der Waals surface area (Å²) >= 11 is 0. The van der Waals surface area contributed by atoms with E-state index in [0.29, 0.717) is 30.0 Å². The normalized spacial score (nSPS) is 14.1. The summed E-state index contributed by atoms with van der Waals surface area (Å²) in [6.45, 7) is 2.39. The maximum Gasteiger partial charge on any atom is 0.251 e. The minimum Gasteiger partial charge on any atom is -0.355 e. The molecule has 0 bridgehead atoms. The Balaban J connectivity index is 1.43. The van der Waals surface area contributed by atoms with E-state index in [1.54, 1.807) is 10.6 Å². The van der Waals surface area contributed by atoms with E-state index in [9.17, 15) is 9.18 Å². The maximum absolute atomic E-state index is 13.2. The highest BCUT2D eigenvalue weighted by Gasteiger charge is 2.16. The van der Waals surface area contributed by atoms with Gasteiger partial charge in [-0.3, -0.25) is 4.79 Å². The van der Waals surface area contributed by atoms with Crippen LogP contribution in [0.2, 0.25) is 0 Å². The van der Waals surface area contributed by atoms with Crippen molar-refractivity contribution >= 4 is 17.4 Å². The molecule has 0 aliphatic carbocycles. The second-order valence-corrected chi connectivity index (χ2v) is 6.29. The van der Waals surface area contributed by atoms with Gasteiger partial charge in [0.1, 0.15) is 11.6 Å². The van der Waals surface area contributed by atoms with Gasteiger partial charge in [-0.05, 0) is 43.2 Å². The Hall–Kier alpha value is -3.03. The number of fused-ring (bicyclic) bond motifs is 1. The van der Waals surface area contributed by atoms with Crippen LogP contribution in [-0.2, 0) is 6.42 Å². The van der Waals surface area contributed by atoms with E-state index in [-0.39, 0.29) is 5.91 Å². The lowest BCUT2D eigenvalue weighted by Crippen LogP contribution is -2.26. The number of nitrogens with zero attached hydrogens (tertiary/aromatic N) is 5. The van der Waals surface area contributed by atoms with Gasteiger partial charge in [-0.1, -0.05) is 6.07 Å². The third-order valence-electron chi connectivity index (χ3n) is 4.46. The minimum absolute atomic E-state index is 0.297. The molecule has 134 valence electrons. The first-order chi connectivity index (χ1) is 12.7. The van der Waals surface area contributed by atoms with Crippen molar-refractivity contribution in [1.82, 2.24) is 25.1 Å². The Morgan fingerprint density at radius 2 is 2.00 bits per heavy atom. The number of amides is 1. The molecule has 1 amide bonds. The second kappa shape index (κ2) is 7.07. The molecule has 1 N–H and O–H groups in total. The van der Waals surface area contributed by atoms with E-state index < -0.39 is 5.82 Å². The van der Waals surface area contributed by atoms with E-state index in [4.69, 9.17) is 0 Å². The van der Waals surface area contributed by atoms with Gasteiger partial charge in [-0.25, -0.2) is 4.39 Å². The van der Waals surface area contributed by atoms with Gasteiger partial charge in [-0.15, -0.1) is 15.3 Å². The molecule has 26 heavy (non-hydrogen) atoms. The number of aromatic nitrogens is 4. The Morgan fingerprint density at radius 3 is 2.81 bits per heavy atom. The molecule has 7 nitrogen and oxygen atoms in total. The molecule has 0 spiro atoms. The average molecular weight is 354 g/mol. The smallest absolute Gasteiger partial charge is 0.251 e. The highest BCUT2D eigenvalue weighted by Crippen LogP contribution is 2.18. The number of halogens is 1. The molecule has 2 aromatic heterocycles.